The zero-order chi connectivity index (χ0) is 20.5. The summed E-state index contributed by atoms with van der Waals surface area (Å²) in [6.07, 6.45) is 6.14. The molecule has 2 aromatic carbocycles. The van der Waals surface area contributed by atoms with E-state index in [1.54, 1.807) is 0 Å². The van der Waals surface area contributed by atoms with Crippen LogP contribution < -0.4 is 5.32 Å². The van der Waals surface area contributed by atoms with E-state index in [0.717, 1.165) is 42.3 Å². The lowest BCUT2D eigenvalue weighted by Gasteiger charge is -2.20. The van der Waals surface area contributed by atoms with Crippen LogP contribution in [0.15, 0.2) is 48.5 Å². The van der Waals surface area contributed by atoms with Crippen molar-refractivity contribution >= 4 is 17.3 Å². The lowest BCUT2D eigenvalue weighted by Crippen LogP contribution is -2.13. The average Bonchev–Trinajstić information content (AvgIpc) is 3.17. The summed E-state index contributed by atoms with van der Waals surface area (Å²) in [6, 6.07) is 17.2. The van der Waals surface area contributed by atoms with Gasteiger partial charge in [-0.15, -0.1) is 5.10 Å². The number of rotatable bonds is 5. The summed E-state index contributed by atoms with van der Waals surface area (Å²) in [6.45, 7) is 4.28. The van der Waals surface area contributed by atoms with E-state index in [-0.39, 0.29) is 0 Å². The minimum Gasteiger partial charge on any atom is -0.340 e. The lowest BCUT2D eigenvalue weighted by molar-refractivity contribution is 0.662. The molecule has 1 N–H and O–H groups in total. The molecular weight excluding hydrogens is 370 g/mol. The highest BCUT2D eigenvalue weighted by atomic mass is 15.4. The molecule has 0 atom stereocenters. The summed E-state index contributed by atoms with van der Waals surface area (Å²) in [5, 5.41) is 8.51. The Balaban J connectivity index is 1.57. The van der Waals surface area contributed by atoms with Crippen molar-refractivity contribution in [2.45, 2.75) is 52.4 Å². The predicted molar refractivity (Wildman–Crippen MR) is 121 cm³/mol. The number of fused-ring (bicyclic) bond motifs is 2. The number of aryl methyl sites for hydroxylation is 3. The van der Waals surface area contributed by atoms with Crippen molar-refractivity contribution in [1.29, 1.82) is 0 Å². The van der Waals surface area contributed by atoms with E-state index in [1.807, 2.05) is 4.52 Å². The van der Waals surface area contributed by atoms with Crippen molar-refractivity contribution in [1.82, 2.24) is 19.6 Å². The fourth-order valence-electron chi connectivity index (χ4n) is 4.18. The fraction of sp³-hybridized carbons (Fsp3) is 0.320. The van der Waals surface area contributed by atoms with Crippen LogP contribution in [-0.4, -0.2) is 19.6 Å². The molecule has 152 valence electrons. The minimum atomic E-state index is 0.687. The fourth-order valence-corrected chi connectivity index (χ4v) is 4.18. The van der Waals surface area contributed by atoms with Gasteiger partial charge in [-0.3, -0.25) is 0 Å². The third kappa shape index (κ3) is 3.67. The van der Waals surface area contributed by atoms with Crippen molar-refractivity contribution in [3.63, 3.8) is 0 Å². The van der Waals surface area contributed by atoms with Gasteiger partial charge in [0.05, 0.1) is 5.69 Å². The van der Waals surface area contributed by atoms with Gasteiger partial charge in [-0.25, -0.2) is 4.98 Å². The van der Waals surface area contributed by atoms with Crippen molar-refractivity contribution < 1.29 is 0 Å². The smallest absolute Gasteiger partial charge is 0.254 e. The summed E-state index contributed by atoms with van der Waals surface area (Å²) >= 11 is 0. The number of hydrogen-bond acceptors (Lipinski definition) is 4. The van der Waals surface area contributed by atoms with Gasteiger partial charge in [0.1, 0.15) is 5.82 Å². The average molecular weight is 398 g/mol. The molecule has 0 saturated heterocycles. The zero-order valence-electron chi connectivity index (χ0n) is 17.7. The molecule has 30 heavy (non-hydrogen) atoms. The third-order valence-electron chi connectivity index (χ3n) is 5.89. The molecule has 5 heteroatoms. The Morgan fingerprint density at radius 2 is 1.80 bits per heavy atom. The predicted octanol–water partition coefficient (Wildman–Crippen LogP) is 5.21. The van der Waals surface area contributed by atoms with Crippen LogP contribution in [0.25, 0.3) is 5.78 Å². The summed E-state index contributed by atoms with van der Waals surface area (Å²) in [4.78, 5) is 9.65. The maximum atomic E-state index is 4.88. The lowest BCUT2D eigenvalue weighted by atomic mass is 9.96. The van der Waals surface area contributed by atoms with Gasteiger partial charge in [0, 0.05) is 17.7 Å². The molecule has 0 fully saturated rings. The highest BCUT2D eigenvalue weighted by Gasteiger charge is 2.21. The number of benzene rings is 2. The molecule has 0 bridgehead atoms. The molecular formula is C25H27N5. The third-order valence-corrected chi connectivity index (χ3v) is 5.89. The van der Waals surface area contributed by atoms with Crippen LogP contribution in [0.3, 0.4) is 0 Å². The molecule has 0 unspecified atom stereocenters. The zero-order valence-corrected chi connectivity index (χ0v) is 17.7. The molecule has 5 nitrogen and oxygen atoms in total. The summed E-state index contributed by atoms with van der Waals surface area (Å²) in [5.74, 6) is 2.51. The molecule has 1 aliphatic rings. The van der Waals surface area contributed by atoms with Crippen LogP contribution in [0.1, 0.15) is 53.5 Å². The Bertz CT molecular complexity index is 1190. The van der Waals surface area contributed by atoms with E-state index in [9.17, 15) is 0 Å². The SMILES string of the molecule is CCc1cccc(Nc2c3c(nc4nc(Cc5ccc(C)cc5)nn24)CCCC3)c1. The molecule has 2 heterocycles. The van der Waals surface area contributed by atoms with Crippen molar-refractivity contribution in [3.05, 3.63) is 82.3 Å². The van der Waals surface area contributed by atoms with Gasteiger partial charge in [0.25, 0.3) is 5.78 Å². The maximum Gasteiger partial charge on any atom is 0.254 e. The first-order valence-electron chi connectivity index (χ1n) is 10.9. The van der Waals surface area contributed by atoms with Gasteiger partial charge < -0.3 is 5.32 Å². The van der Waals surface area contributed by atoms with Crippen molar-refractivity contribution in [2.24, 2.45) is 0 Å². The van der Waals surface area contributed by atoms with Crippen LogP contribution in [0.4, 0.5) is 11.5 Å². The van der Waals surface area contributed by atoms with E-state index in [1.165, 1.54) is 35.1 Å². The quantitative estimate of drug-likeness (QED) is 0.502. The summed E-state index contributed by atoms with van der Waals surface area (Å²) in [5.41, 5.74) is 7.32. The first-order chi connectivity index (χ1) is 14.7. The molecule has 4 aromatic rings. The van der Waals surface area contributed by atoms with Gasteiger partial charge >= 0.3 is 0 Å². The normalized spacial score (nSPS) is 13.4. The summed E-state index contributed by atoms with van der Waals surface area (Å²) in [7, 11) is 0. The van der Waals surface area contributed by atoms with Crippen LogP contribution in [0.2, 0.25) is 0 Å². The van der Waals surface area contributed by atoms with E-state index in [0.29, 0.717) is 12.2 Å². The van der Waals surface area contributed by atoms with Crippen LogP contribution in [0, 0.1) is 6.92 Å². The van der Waals surface area contributed by atoms with E-state index < -0.39 is 0 Å². The second-order valence-corrected chi connectivity index (χ2v) is 8.17. The standard InChI is InChI=1S/C25H27N5/c1-3-18-7-6-8-20(15-18)26-24-21-9-4-5-10-22(21)27-25-28-23(29-30(24)25)16-19-13-11-17(2)12-14-19/h6-8,11-15,26H,3-5,9-10,16H2,1-2H3. The highest BCUT2D eigenvalue weighted by Crippen LogP contribution is 2.30. The topological polar surface area (TPSA) is 55.1 Å². The maximum absolute atomic E-state index is 4.88. The first-order valence-corrected chi connectivity index (χ1v) is 10.9. The molecule has 0 radical (unpaired) electrons. The van der Waals surface area contributed by atoms with Crippen molar-refractivity contribution in [2.75, 3.05) is 5.32 Å². The van der Waals surface area contributed by atoms with E-state index >= 15 is 0 Å². The number of hydrogen-bond donors (Lipinski definition) is 1. The molecule has 2 aromatic heterocycles. The van der Waals surface area contributed by atoms with Gasteiger partial charge in [-0.1, -0.05) is 48.9 Å². The number of nitrogens with zero attached hydrogens (tertiary/aromatic N) is 4. The highest BCUT2D eigenvalue weighted by molar-refractivity contribution is 5.64. The molecule has 0 amide bonds. The number of nitrogens with one attached hydrogen (secondary N) is 1. The Labute approximate surface area is 177 Å². The van der Waals surface area contributed by atoms with Gasteiger partial charge in [0.15, 0.2) is 5.82 Å². The molecule has 0 aliphatic heterocycles. The molecule has 0 saturated carbocycles. The van der Waals surface area contributed by atoms with E-state index in [4.69, 9.17) is 15.1 Å². The molecule has 5 rings (SSSR count). The van der Waals surface area contributed by atoms with Crippen molar-refractivity contribution in [3.8, 4) is 0 Å². The Kier molecular flexibility index (Phi) is 4.95. The number of aromatic nitrogens is 4. The Morgan fingerprint density at radius 3 is 2.63 bits per heavy atom. The van der Waals surface area contributed by atoms with Gasteiger partial charge in [0.2, 0.25) is 0 Å². The van der Waals surface area contributed by atoms with E-state index in [2.05, 4.69) is 67.7 Å². The second kappa shape index (κ2) is 7.90. The minimum absolute atomic E-state index is 0.687. The summed E-state index contributed by atoms with van der Waals surface area (Å²) < 4.78 is 1.91. The monoisotopic (exact) mass is 397 g/mol. The Hall–Kier alpha value is -3.21. The second-order valence-electron chi connectivity index (χ2n) is 8.17. The van der Waals surface area contributed by atoms with Gasteiger partial charge in [-0.2, -0.15) is 9.50 Å². The molecule has 1 aliphatic carbocycles. The van der Waals surface area contributed by atoms with Crippen LogP contribution >= 0.6 is 0 Å². The first kappa shape index (κ1) is 18.8. The largest absolute Gasteiger partial charge is 0.340 e. The Morgan fingerprint density at radius 1 is 0.967 bits per heavy atom. The van der Waals surface area contributed by atoms with Gasteiger partial charge in [-0.05, 0) is 62.3 Å². The molecule has 0 spiro atoms. The van der Waals surface area contributed by atoms with Crippen LogP contribution in [0.5, 0.6) is 0 Å². The number of anilines is 2. The van der Waals surface area contributed by atoms with Crippen LogP contribution in [-0.2, 0) is 25.7 Å².